The summed E-state index contributed by atoms with van der Waals surface area (Å²) in [5.41, 5.74) is 3.94. The van der Waals surface area contributed by atoms with E-state index in [2.05, 4.69) is 10.4 Å². The van der Waals surface area contributed by atoms with E-state index in [1.54, 1.807) is 36.5 Å². The summed E-state index contributed by atoms with van der Waals surface area (Å²) in [7, 11) is 0. The topological polar surface area (TPSA) is 65.4 Å². The Hall–Kier alpha value is -3.77. The number of rotatable bonds is 3. The van der Waals surface area contributed by atoms with E-state index in [4.69, 9.17) is 21.1 Å². The van der Waals surface area contributed by atoms with Gasteiger partial charge in [-0.25, -0.2) is 4.79 Å². The van der Waals surface area contributed by atoms with Crippen molar-refractivity contribution in [1.29, 1.82) is 0 Å². The SMILES string of the molecule is CC1(C)Oc2ccc(NC(=O)n3cc(-c4ccccc4)c(-c4ccc(Cl)cc4)n3)cc2O1. The summed E-state index contributed by atoms with van der Waals surface area (Å²) in [6, 6.07) is 22.1. The molecule has 5 rings (SSSR count). The quantitative estimate of drug-likeness (QED) is 0.393. The highest BCUT2D eigenvalue weighted by atomic mass is 35.5. The van der Waals surface area contributed by atoms with E-state index in [1.807, 2.05) is 56.3 Å². The molecule has 32 heavy (non-hydrogen) atoms. The molecule has 1 aromatic heterocycles. The zero-order chi connectivity index (χ0) is 22.3. The molecular formula is C25H20ClN3O3. The third-order valence-electron chi connectivity index (χ3n) is 5.03. The van der Waals surface area contributed by atoms with Gasteiger partial charge in [-0.1, -0.05) is 54.1 Å². The largest absolute Gasteiger partial charge is 0.449 e. The summed E-state index contributed by atoms with van der Waals surface area (Å²) in [5, 5.41) is 8.09. The first-order valence-corrected chi connectivity index (χ1v) is 10.5. The van der Waals surface area contributed by atoms with Crippen molar-refractivity contribution >= 4 is 23.3 Å². The molecule has 3 aromatic carbocycles. The number of nitrogens with one attached hydrogen (secondary N) is 1. The van der Waals surface area contributed by atoms with Crippen LogP contribution in [-0.4, -0.2) is 21.6 Å². The Morgan fingerprint density at radius 1 is 0.938 bits per heavy atom. The fourth-order valence-electron chi connectivity index (χ4n) is 3.61. The number of fused-ring (bicyclic) bond motifs is 1. The number of amides is 1. The standard InChI is InChI=1S/C25H20ClN3O3/c1-25(2)31-21-13-12-19(14-22(21)32-25)27-24(30)29-15-20(16-6-4-3-5-7-16)23(28-29)17-8-10-18(26)11-9-17/h3-15H,1-2H3,(H,27,30). The Balaban J connectivity index is 1.47. The minimum absolute atomic E-state index is 0.388. The molecule has 0 radical (unpaired) electrons. The second-order valence-electron chi connectivity index (χ2n) is 7.90. The Kier molecular flexibility index (Phi) is 4.87. The van der Waals surface area contributed by atoms with Crippen LogP contribution in [0.4, 0.5) is 10.5 Å². The smallest absolute Gasteiger partial charge is 0.346 e. The van der Waals surface area contributed by atoms with E-state index < -0.39 is 5.79 Å². The molecule has 1 N–H and O–H groups in total. The van der Waals surface area contributed by atoms with Gasteiger partial charge in [-0.3, -0.25) is 0 Å². The first-order chi connectivity index (χ1) is 15.4. The molecule has 6 nitrogen and oxygen atoms in total. The lowest BCUT2D eigenvalue weighted by Gasteiger charge is -2.16. The lowest BCUT2D eigenvalue weighted by molar-refractivity contribution is -0.0431. The summed E-state index contributed by atoms with van der Waals surface area (Å²) in [6.07, 6.45) is 1.73. The highest BCUT2D eigenvalue weighted by Crippen LogP contribution is 2.40. The van der Waals surface area contributed by atoms with Crippen LogP contribution in [0.25, 0.3) is 22.4 Å². The van der Waals surface area contributed by atoms with Gasteiger partial charge in [0.25, 0.3) is 0 Å². The van der Waals surface area contributed by atoms with Gasteiger partial charge in [-0.05, 0) is 29.8 Å². The maximum atomic E-state index is 13.0. The molecule has 7 heteroatoms. The Morgan fingerprint density at radius 2 is 1.66 bits per heavy atom. The number of anilines is 1. The summed E-state index contributed by atoms with van der Waals surface area (Å²) < 4.78 is 12.8. The lowest BCUT2D eigenvalue weighted by Crippen LogP contribution is -2.29. The fourth-order valence-corrected chi connectivity index (χ4v) is 3.73. The monoisotopic (exact) mass is 445 g/mol. The minimum Gasteiger partial charge on any atom is -0.449 e. The molecule has 0 spiro atoms. The number of halogens is 1. The summed E-state index contributed by atoms with van der Waals surface area (Å²) >= 11 is 6.05. The Labute approximate surface area is 190 Å². The molecule has 160 valence electrons. The number of ether oxygens (including phenoxy) is 2. The van der Waals surface area contributed by atoms with Crippen LogP contribution in [-0.2, 0) is 0 Å². The van der Waals surface area contributed by atoms with Crippen molar-refractivity contribution in [1.82, 2.24) is 9.78 Å². The molecule has 4 aromatic rings. The van der Waals surface area contributed by atoms with Crippen LogP contribution in [0.3, 0.4) is 0 Å². The lowest BCUT2D eigenvalue weighted by atomic mass is 10.0. The minimum atomic E-state index is -0.731. The number of hydrogen-bond acceptors (Lipinski definition) is 4. The highest BCUT2D eigenvalue weighted by Gasteiger charge is 2.31. The van der Waals surface area contributed by atoms with Crippen LogP contribution in [0, 0.1) is 0 Å². The molecule has 0 atom stereocenters. The summed E-state index contributed by atoms with van der Waals surface area (Å²) in [4.78, 5) is 13.0. The molecule has 0 saturated carbocycles. The molecule has 0 aliphatic carbocycles. The van der Waals surface area contributed by atoms with Crippen molar-refractivity contribution in [2.24, 2.45) is 0 Å². The molecule has 1 amide bonds. The van der Waals surface area contributed by atoms with Crippen molar-refractivity contribution in [2.75, 3.05) is 5.32 Å². The van der Waals surface area contributed by atoms with Crippen LogP contribution < -0.4 is 14.8 Å². The third-order valence-corrected chi connectivity index (χ3v) is 5.28. The van der Waals surface area contributed by atoms with Crippen LogP contribution in [0.15, 0.2) is 79.0 Å². The predicted molar refractivity (Wildman–Crippen MR) is 124 cm³/mol. The van der Waals surface area contributed by atoms with Crippen molar-refractivity contribution in [3.05, 3.63) is 84.0 Å². The number of aromatic nitrogens is 2. The van der Waals surface area contributed by atoms with Gasteiger partial charge in [0.2, 0.25) is 5.79 Å². The number of carbonyl (C=O) groups excluding carboxylic acids is 1. The predicted octanol–water partition coefficient (Wildman–Crippen LogP) is 6.46. The number of hydrogen-bond donors (Lipinski definition) is 1. The van der Waals surface area contributed by atoms with E-state index in [0.717, 1.165) is 16.7 Å². The average molecular weight is 446 g/mol. The zero-order valence-electron chi connectivity index (χ0n) is 17.5. The first-order valence-electron chi connectivity index (χ1n) is 10.1. The molecule has 1 aliphatic rings. The number of nitrogens with zero attached hydrogens (tertiary/aromatic N) is 2. The first kappa shape index (κ1) is 20.2. The van der Waals surface area contributed by atoms with Gasteiger partial charge in [0.1, 0.15) is 5.69 Å². The van der Waals surface area contributed by atoms with Crippen molar-refractivity contribution in [3.8, 4) is 33.9 Å². The number of carbonyl (C=O) groups is 1. The Bertz CT molecular complexity index is 1300. The van der Waals surface area contributed by atoms with E-state index in [0.29, 0.717) is 27.9 Å². The van der Waals surface area contributed by atoms with Gasteiger partial charge in [0.05, 0.1) is 0 Å². The molecular weight excluding hydrogens is 426 g/mol. The summed E-state index contributed by atoms with van der Waals surface area (Å²) in [6.45, 7) is 3.66. The zero-order valence-corrected chi connectivity index (χ0v) is 18.3. The van der Waals surface area contributed by atoms with Crippen LogP contribution in [0.1, 0.15) is 13.8 Å². The second kappa shape index (κ2) is 7.73. The second-order valence-corrected chi connectivity index (χ2v) is 8.34. The van der Waals surface area contributed by atoms with E-state index in [9.17, 15) is 4.79 Å². The van der Waals surface area contributed by atoms with E-state index in [-0.39, 0.29) is 6.03 Å². The van der Waals surface area contributed by atoms with Crippen LogP contribution >= 0.6 is 11.6 Å². The maximum Gasteiger partial charge on any atom is 0.346 e. The van der Waals surface area contributed by atoms with Crippen LogP contribution in [0.5, 0.6) is 11.5 Å². The van der Waals surface area contributed by atoms with Gasteiger partial charge in [-0.15, -0.1) is 0 Å². The average Bonchev–Trinajstić information content (AvgIpc) is 3.35. The normalized spacial score (nSPS) is 13.7. The maximum absolute atomic E-state index is 13.0. The van der Waals surface area contributed by atoms with Gasteiger partial charge in [-0.2, -0.15) is 9.78 Å². The molecule has 0 fully saturated rings. The van der Waals surface area contributed by atoms with Gasteiger partial charge in [0, 0.05) is 47.9 Å². The molecule has 2 heterocycles. The van der Waals surface area contributed by atoms with Gasteiger partial charge < -0.3 is 14.8 Å². The van der Waals surface area contributed by atoms with Crippen LogP contribution in [0.2, 0.25) is 5.02 Å². The van der Waals surface area contributed by atoms with E-state index >= 15 is 0 Å². The van der Waals surface area contributed by atoms with E-state index in [1.165, 1.54) is 4.68 Å². The van der Waals surface area contributed by atoms with Crippen molar-refractivity contribution < 1.29 is 14.3 Å². The van der Waals surface area contributed by atoms with Gasteiger partial charge >= 0.3 is 6.03 Å². The molecule has 1 aliphatic heterocycles. The molecule has 0 bridgehead atoms. The number of benzene rings is 3. The highest BCUT2D eigenvalue weighted by molar-refractivity contribution is 6.30. The van der Waals surface area contributed by atoms with Crippen molar-refractivity contribution in [2.45, 2.75) is 19.6 Å². The molecule has 0 saturated heterocycles. The summed E-state index contributed by atoms with van der Waals surface area (Å²) in [5.74, 6) is 0.494. The Morgan fingerprint density at radius 3 is 2.41 bits per heavy atom. The fraction of sp³-hybridized carbons (Fsp3) is 0.120. The van der Waals surface area contributed by atoms with Crippen molar-refractivity contribution in [3.63, 3.8) is 0 Å². The molecule has 0 unspecified atom stereocenters. The third kappa shape index (κ3) is 3.92. The van der Waals surface area contributed by atoms with Gasteiger partial charge in [0.15, 0.2) is 11.5 Å².